The fraction of sp³-hybridized carbons (Fsp3) is 0.615. The minimum atomic E-state index is -3.32. The van der Waals surface area contributed by atoms with Gasteiger partial charge in [0.2, 0.25) is 5.76 Å². The summed E-state index contributed by atoms with van der Waals surface area (Å²) >= 11 is 0. The predicted molar refractivity (Wildman–Crippen MR) is 69.7 cm³/mol. The van der Waals surface area contributed by atoms with Crippen molar-refractivity contribution in [2.75, 3.05) is 0 Å². The standard InChI is InChI=1S/C13H18O5S/c1-9-3-2-4-11(7-9)19(16,17)8-10-5-6-18-12(10)13(14)15/h5-6,9,11H,2-4,7-8H2,1H3,(H,14,15). The van der Waals surface area contributed by atoms with Gasteiger partial charge in [0.25, 0.3) is 0 Å². The first-order chi connectivity index (χ1) is 8.90. The molecule has 19 heavy (non-hydrogen) atoms. The van der Waals surface area contributed by atoms with Gasteiger partial charge in [0.05, 0.1) is 17.3 Å². The van der Waals surface area contributed by atoms with Gasteiger partial charge in [0.1, 0.15) is 0 Å². The molecule has 0 bridgehead atoms. The summed E-state index contributed by atoms with van der Waals surface area (Å²) in [6.07, 6.45) is 4.55. The second-order valence-corrected chi connectivity index (χ2v) is 7.56. The monoisotopic (exact) mass is 286 g/mol. The van der Waals surface area contributed by atoms with E-state index in [4.69, 9.17) is 9.52 Å². The minimum Gasteiger partial charge on any atom is -0.475 e. The van der Waals surface area contributed by atoms with Crippen molar-refractivity contribution in [1.82, 2.24) is 0 Å². The number of carboxylic acids is 1. The van der Waals surface area contributed by atoms with Gasteiger partial charge in [-0.25, -0.2) is 13.2 Å². The summed E-state index contributed by atoms with van der Waals surface area (Å²) in [7, 11) is -3.32. The third-order valence-corrected chi connectivity index (χ3v) is 5.85. The van der Waals surface area contributed by atoms with Gasteiger partial charge in [-0.1, -0.05) is 19.8 Å². The van der Waals surface area contributed by atoms with E-state index >= 15 is 0 Å². The number of carbonyl (C=O) groups is 1. The molecule has 1 fully saturated rings. The van der Waals surface area contributed by atoms with Crippen LogP contribution in [0.4, 0.5) is 0 Å². The van der Waals surface area contributed by atoms with Crippen molar-refractivity contribution in [3.8, 4) is 0 Å². The van der Waals surface area contributed by atoms with Crippen LogP contribution in [0.15, 0.2) is 16.7 Å². The summed E-state index contributed by atoms with van der Waals surface area (Å²) in [5.74, 6) is -1.33. The quantitative estimate of drug-likeness (QED) is 0.919. The summed E-state index contributed by atoms with van der Waals surface area (Å²) in [6, 6.07) is 1.42. The fourth-order valence-corrected chi connectivity index (χ4v) is 4.72. The van der Waals surface area contributed by atoms with Crippen molar-refractivity contribution in [3.05, 3.63) is 23.7 Å². The Balaban J connectivity index is 2.16. The SMILES string of the molecule is CC1CCCC(S(=O)(=O)Cc2ccoc2C(=O)O)C1. The van der Waals surface area contributed by atoms with Crippen LogP contribution in [-0.4, -0.2) is 24.7 Å². The lowest BCUT2D eigenvalue weighted by Gasteiger charge is -2.26. The maximum absolute atomic E-state index is 12.3. The maximum Gasteiger partial charge on any atom is 0.372 e. The lowest BCUT2D eigenvalue weighted by molar-refractivity contribution is 0.0661. The molecule has 1 aliphatic rings. The van der Waals surface area contributed by atoms with Crippen LogP contribution in [0.5, 0.6) is 0 Å². The molecule has 2 atom stereocenters. The average molecular weight is 286 g/mol. The molecule has 2 unspecified atom stereocenters. The van der Waals surface area contributed by atoms with E-state index in [1.807, 2.05) is 0 Å². The van der Waals surface area contributed by atoms with Gasteiger partial charge >= 0.3 is 5.97 Å². The maximum atomic E-state index is 12.3. The van der Waals surface area contributed by atoms with Gasteiger partial charge in [-0.2, -0.15) is 0 Å². The normalized spacial score (nSPS) is 24.3. The molecule has 1 aromatic heterocycles. The summed E-state index contributed by atoms with van der Waals surface area (Å²) < 4.78 is 29.5. The summed E-state index contributed by atoms with van der Waals surface area (Å²) in [6.45, 7) is 2.06. The van der Waals surface area contributed by atoms with Crippen LogP contribution in [0.1, 0.15) is 48.7 Å². The largest absolute Gasteiger partial charge is 0.475 e. The molecule has 5 nitrogen and oxygen atoms in total. The molecule has 106 valence electrons. The number of carboxylic acid groups (broad SMARTS) is 1. The Hall–Kier alpha value is -1.30. The van der Waals surface area contributed by atoms with Crippen LogP contribution in [0.3, 0.4) is 0 Å². The van der Waals surface area contributed by atoms with Gasteiger partial charge in [-0.15, -0.1) is 0 Å². The zero-order valence-electron chi connectivity index (χ0n) is 10.8. The van der Waals surface area contributed by atoms with E-state index in [9.17, 15) is 13.2 Å². The lowest BCUT2D eigenvalue weighted by atomic mass is 9.91. The van der Waals surface area contributed by atoms with Crippen LogP contribution < -0.4 is 0 Å². The molecule has 0 amide bonds. The summed E-state index contributed by atoms with van der Waals surface area (Å²) in [5, 5.41) is 8.56. The Morgan fingerprint density at radius 1 is 1.47 bits per heavy atom. The molecule has 1 saturated carbocycles. The van der Waals surface area contributed by atoms with E-state index in [0.717, 1.165) is 12.8 Å². The molecule has 6 heteroatoms. The Kier molecular flexibility index (Phi) is 3.99. The third kappa shape index (κ3) is 3.18. The van der Waals surface area contributed by atoms with E-state index in [0.29, 0.717) is 18.8 Å². The Bertz CT molecular complexity index is 557. The minimum absolute atomic E-state index is 0.241. The van der Waals surface area contributed by atoms with Crippen molar-refractivity contribution in [3.63, 3.8) is 0 Å². The molecule has 1 aromatic rings. The first-order valence-electron chi connectivity index (χ1n) is 6.41. The van der Waals surface area contributed by atoms with Gasteiger partial charge in [-0.05, 0) is 24.8 Å². The van der Waals surface area contributed by atoms with E-state index in [-0.39, 0.29) is 22.3 Å². The van der Waals surface area contributed by atoms with Crippen LogP contribution in [0.2, 0.25) is 0 Å². The summed E-state index contributed by atoms with van der Waals surface area (Å²) in [4.78, 5) is 10.9. The smallest absolute Gasteiger partial charge is 0.372 e. The molecule has 1 aliphatic carbocycles. The first-order valence-corrected chi connectivity index (χ1v) is 8.13. The second kappa shape index (κ2) is 5.36. The highest BCUT2D eigenvalue weighted by Crippen LogP contribution is 2.30. The summed E-state index contributed by atoms with van der Waals surface area (Å²) in [5.41, 5.74) is 0.241. The molecular weight excluding hydrogens is 268 g/mol. The number of hydrogen-bond acceptors (Lipinski definition) is 4. The van der Waals surface area contributed by atoms with E-state index in [2.05, 4.69) is 6.92 Å². The molecule has 1 N–H and O–H groups in total. The molecule has 1 heterocycles. The number of rotatable bonds is 4. The number of hydrogen-bond donors (Lipinski definition) is 1. The Morgan fingerprint density at radius 3 is 2.84 bits per heavy atom. The molecule has 2 rings (SSSR count). The average Bonchev–Trinajstić information content (AvgIpc) is 2.76. The zero-order chi connectivity index (χ0) is 14.0. The molecular formula is C13H18O5S. The van der Waals surface area contributed by atoms with Crippen LogP contribution in [0.25, 0.3) is 0 Å². The van der Waals surface area contributed by atoms with Crippen LogP contribution in [-0.2, 0) is 15.6 Å². The van der Waals surface area contributed by atoms with Gasteiger partial charge in [0, 0.05) is 5.56 Å². The number of aromatic carboxylic acids is 1. The predicted octanol–water partition coefficient (Wildman–Crippen LogP) is 2.47. The third-order valence-electron chi connectivity index (χ3n) is 3.69. The fourth-order valence-electron chi connectivity index (χ4n) is 2.68. The highest BCUT2D eigenvalue weighted by Gasteiger charge is 2.31. The highest BCUT2D eigenvalue weighted by atomic mass is 32.2. The van der Waals surface area contributed by atoms with Crippen LogP contribution in [0, 0.1) is 5.92 Å². The van der Waals surface area contributed by atoms with Crippen molar-refractivity contribution in [1.29, 1.82) is 0 Å². The first kappa shape index (κ1) is 14.1. The topological polar surface area (TPSA) is 84.6 Å². The van der Waals surface area contributed by atoms with Crippen molar-refractivity contribution < 1.29 is 22.7 Å². The molecule has 0 aromatic carbocycles. The molecule has 0 spiro atoms. The van der Waals surface area contributed by atoms with Crippen molar-refractivity contribution in [2.45, 2.75) is 43.6 Å². The van der Waals surface area contributed by atoms with E-state index in [1.54, 1.807) is 0 Å². The second-order valence-electron chi connectivity index (χ2n) is 5.28. The van der Waals surface area contributed by atoms with Gasteiger partial charge < -0.3 is 9.52 Å². The van der Waals surface area contributed by atoms with Crippen molar-refractivity contribution >= 4 is 15.8 Å². The number of furan rings is 1. The van der Waals surface area contributed by atoms with Gasteiger partial charge in [0.15, 0.2) is 9.84 Å². The Labute approximate surface area is 112 Å². The molecule has 0 radical (unpaired) electrons. The Morgan fingerprint density at radius 2 is 2.21 bits per heavy atom. The van der Waals surface area contributed by atoms with Crippen molar-refractivity contribution in [2.24, 2.45) is 5.92 Å². The van der Waals surface area contributed by atoms with Gasteiger partial charge in [-0.3, -0.25) is 0 Å². The van der Waals surface area contributed by atoms with E-state index < -0.39 is 15.8 Å². The van der Waals surface area contributed by atoms with Crippen LogP contribution >= 0.6 is 0 Å². The zero-order valence-corrected chi connectivity index (χ0v) is 11.6. The number of sulfone groups is 1. The van der Waals surface area contributed by atoms with E-state index in [1.165, 1.54) is 12.3 Å². The highest BCUT2D eigenvalue weighted by molar-refractivity contribution is 7.91. The molecule has 0 aliphatic heterocycles. The molecule has 0 saturated heterocycles. The lowest BCUT2D eigenvalue weighted by Crippen LogP contribution is -2.28.